The Morgan fingerprint density at radius 2 is 1.90 bits per heavy atom. The van der Waals surface area contributed by atoms with Crippen LogP contribution < -0.4 is 10.6 Å². The van der Waals surface area contributed by atoms with Gasteiger partial charge in [-0.2, -0.15) is 0 Å². The molecule has 2 amide bonds. The predicted molar refractivity (Wildman–Crippen MR) is 112 cm³/mol. The van der Waals surface area contributed by atoms with Crippen molar-refractivity contribution >= 4 is 12.0 Å². The maximum absolute atomic E-state index is 13.0. The van der Waals surface area contributed by atoms with Gasteiger partial charge in [0.15, 0.2) is 0 Å². The molecule has 0 saturated carbocycles. The first-order chi connectivity index (χ1) is 14.2. The molecule has 2 aliphatic rings. The van der Waals surface area contributed by atoms with Crippen LogP contribution in [0.2, 0.25) is 0 Å². The molecule has 158 valence electrons. The number of piperazine rings is 1. The third kappa shape index (κ3) is 6.15. The number of carbonyl (C=O) groups excluding carboxylic acids is 2. The van der Waals surface area contributed by atoms with Crippen molar-refractivity contribution in [3.8, 4) is 0 Å². The fraction of sp³-hybridized carbons (Fsp3) is 0.591. The van der Waals surface area contributed by atoms with E-state index in [0.717, 1.165) is 65.1 Å². The van der Waals surface area contributed by atoms with Gasteiger partial charge in [0, 0.05) is 45.4 Å². The first kappa shape index (κ1) is 21.5. The Morgan fingerprint density at radius 3 is 2.59 bits per heavy atom. The lowest BCUT2D eigenvalue weighted by Gasteiger charge is -2.42. The van der Waals surface area contributed by atoms with Gasteiger partial charge in [0.25, 0.3) is 0 Å². The number of carbonyl (C=O) groups is 1. The van der Waals surface area contributed by atoms with Crippen molar-refractivity contribution in [1.29, 1.82) is 0 Å². The Labute approximate surface area is 173 Å². The van der Waals surface area contributed by atoms with Crippen LogP contribution in [0.25, 0.3) is 0 Å². The molecule has 1 aromatic carbocycles. The van der Waals surface area contributed by atoms with E-state index in [4.69, 9.17) is 4.74 Å². The van der Waals surface area contributed by atoms with Crippen LogP contribution in [0.4, 0.5) is 4.79 Å². The van der Waals surface area contributed by atoms with Gasteiger partial charge in [0.05, 0.1) is 12.1 Å². The second-order valence-corrected chi connectivity index (χ2v) is 7.71. The number of ether oxygens (including phenoxy) is 1. The molecule has 0 atom stereocenters. The number of amides is 2. The van der Waals surface area contributed by atoms with Gasteiger partial charge >= 0.3 is 6.03 Å². The molecule has 0 aromatic heterocycles. The van der Waals surface area contributed by atoms with Crippen molar-refractivity contribution in [3.63, 3.8) is 0 Å². The van der Waals surface area contributed by atoms with Gasteiger partial charge in [-0.15, -0.1) is 0 Å². The minimum atomic E-state index is -0.284. The van der Waals surface area contributed by atoms with Crippen LogP contribution in [0.15, 0.2) is 36.4 Å². The first-order valence-electron chi connectivity index (χ1n) is 10.6. The van der Waals surface area contributed by atoms with Crippen LogP contribution in [-0.2, 0) is 15.1 Å². The average molecular weight is 401 g/mol. The number of piperidine rings is 1. The molecule has 7 heteroatoms. The predicted octanol–water partition coefficient (Wildman–Crippen LogP) is 1.39. The summed E-state index contributed by atoms with van der Waals surface area (Å²) in [5.74, 6) is 1.71. The van der Waals surface area contributed by atoms with Crippen LogP contribution >= 0.6 is 0 Å². The highest BCUT2D eigenvalue weighted by Crippen LogP contribution is 2.30. The molecule has 2 saturated heterocycles. The molecule has 2 N–H and O–H groups in total. The number of nitrogens with one attached hydrogen (secondary N) is 2. The molecule has 0 unspecified atom stereocenters. The zero-order valence-corrected chi connectivity index (χ0v) is 17.1. The van der Waals surface area contributed by atoms with Crippen molar-refractivity contribution in [2.75, 3.05) is 59.0 Å². The highest BCUT2D eigenvalue weighted by Gasteiger charge is 2.36. The summed E-state index contributed by atoms with van der Waals surface area (Å²) in [4.78, 5) is 27.4. The standard InChI is InChI=1S/C22H32N4O3/c27-17-5-19-29-18-4-12-25-13-15-26(16-14-25)21(28)24-22(8-10-23-11-9-22)20-6-2-1-3-7-20/h1-3,5-7,23H,4,8-16,18-19H2,(H,24,28). The number of hydrogen-bond donors (Lipinski definition) is 2. The van der Waals surface area contributed by atoms with Crippen LogP contribution in [0.5, 0.6) is 0 Å². The summed E-state index contributed by atoms with van der Waals surface area (Å²) in [5.41, 5.74) is 0.909. The quantitative estimate of drug-likeness (QED) is 0.510. The van der Waals surface area contributed by atoms with Gasteiger partial charge in [-0.1, -0.05) is 30.3 Å². The van der Waals surface area contributed by atoms with E-state index in [9.17, 15) is 9.59 Å². The second-order valence-electron chi connectivity index (χ2n) is 7.71. The number of hydrogen-bond acceptors (Lipinski definition) is 5. The monoisotopic (exact) mass is 400 g/mol. The summed E-state index contributed by atoms with van der Waals surface area (Å²) in [5, 5.41) is 6.78. The molecule has 2 heterocycles. The van der Waals surface area contributed by atoms with Crippen LogP contribution in [0, 0.1) is 0 Å². The highest BCUT2D eigenvalue weighted by molar-refractivity contribution is 5.75. The number of benzene rings is 1. The van der Waals surface area contributed by atoms with Crippen molar-refractivity contribution in [2.24, 2.45) is 0 Å². The van der Waals surface area contributed by atoms with Crippen molar-refractivity contribution < 1.29 is 14.3 Å². The maximum atomic E-state index is 13.0. The topological polar surface area (TPSA) is 73.9 Å². The van der Waals surface area contributed by atoms with Crippen molar-refractivity contribution in [2.45, 2.75) is 24.8 Å². The Bertz CT molecular complexity index is 677. The van der Waals surface area contributed by atoms with Crippen LogP contribution in [-0.4, -0.2) is 80.8 Å². The Kier molecular flexibility index (Phi) is 8.25. The molecule has 0 aliphatic carbocycles. The summed E-state index contributed by atoms with van der Waals surface area (Å²) in [7, 11) is 0. The lowest BCUT2D eigenvalue weighted by Crippen LogP contribution is -2.58. The minimum Gasteiger partial charge on any atom is -0.377 e. The molecule has 1 aromatic rings. The molecule has 3 rings (SSSR count). The normalized spacial score (nSPS) is 19.4. The van der Waals surface area contributed by atoms with E-state index >= 15 is 0 Å². The number of nitrogens with zero attached hydrogens (tertiary/aromatic N) is 2. The molecular weight excluding hydrogens is 368 g/mol. The molecule has 0 radical (unpaired) electrons. The zero-order valence-electron chi connectivity index (χ0n) is 17.1. The lowest BCUT2D eigenvalue weighted by molar-refractivity contribution is 0.111. The fourth-order valence-electron chi connectivity index (χ4n) is 4.12. The molecule has 2 aliphatic heterocycles. The van der Waals surface area contributed by atoms with Crippen LogP contribution in [0.1, 0.15) is 24.8 Å². The van der Waals surface area contributed by atoms with E-state index in [2.05, 4.69) is 27.7 Å². The average Bonchev–Trinajstić information content (AvgIpc) is 2.78. The molecule has 0 spiro atoms. The van der Waals surface area contributed by atoms with E-state index in [0.29, 0.717) is 13.2 Å². The molecule has 2 fully saturated rings. The molecular formula is C22H32N4O3. The number of rotatable bonds is 8. The van der Waals surface area contributed by atoms with E-state index in [1.807, 2.05) is 23.1 Å². The van der Waals surface area contributed by atoms with Gasteiger partial charge in [-0.25, -0.2) is 9.59 Å². The smallest absolute Gasteiger partial charge is 0.318 e. The highest BCUT2D eigenvalue weighted by atomic mass is 16.5. The fourth-order valence-corrected chi connectivity index (χ4v) is 4.12. The number of urea groups is 1. The summed E-state index contributed by atoms with van der Waals surface area (Å²) in [6, 6.07) is 10.4. The van der Waals surface area contributed by atoms with E-state index in [1.165, 1.54) is 11.6 Å². The van der Waals surface area contributed by atoms with Crippen LogP contribution in [0.3, 0.4) is 0 Å². The van der Waals surface area contributed by atoms with E-state index in [1.54, 1.807) is 5.94 Å². The first-order valence-corrected chi connectivity index (χ1v) is 10.6. The Balaban J connectivity index is 1.46. The summed E-state index contributed by atoms with van der Waals surface area (Å²) >= 11 is 0. The largest absolute Gasteiger partial charge is 0.377 e. The summed E-state index contributed by atoms with van der Waals surface area (Å²) < 4.78 is 5.34. The maximum Gasteiger partial charge on any atom is 0.318 e. The van der Waals surface area contributed by atoms with E-state index < -0.39 is 0 Å². The third-order valence-corrected chi connectivity index (χ3v) is 5.84. The van der Waals surface area contributed by atoms with Gasteiger partial charge in [0.1, 0.15) is 5.94 Å². The minimum absolute atomic E-state index is 0.0411. The molecule has 29 heavy (non-hydrogen) atoms. The second kappa shape index (κ2) is 11.1. The molecule has 0 bridgehead atoms. The Morgan fingerprint density at radius 1 is 1.17 bits per heavy atom. The third-order valence-electron chi connectivity index (χ3n) is 5.84. The Hall–Kier alpha value is -2.18. The van der Waals surface area contributed by atoms with Gasteiger partial charge < -0.3 is 20.3 Å². The van der Waals surface area contributed by atoms with Crippen molar-refractivity contribution in [1.82, 2.24) is 20.4 Å². The lowest BCUT2D eigenvalue weighted by atomic mass is 9.81. The van der Waals surface area contributed by atoms with Crippen molar-refractivity contribution in [3.05, 3.63) is 42.0 Å². The summed E-state index contributed by atoms with van der Waals surface area (Å²) in [6.45, 7) is 6.96. The van der Waals surface area contributed by atoms with Gasteiger partial charge in [-0.05, 0) is 37.9 Å². The van der Waals surface area contributed by atoms with Gasteiger partial charge in [-0.3, -0.25) is 4.90 Å². The summed E-state index contributed by atoms with van der Waals surface area (Å²) in [6.07, 6.45) is 4.08. The van der Waals surface area contributed by atoms with E-state index in [-0.39, 0.29) is 11.6 Å². The van der Waals surface area contributed by atoms with Gasteiger partial charge in [0.2, 0.25) is 0 Å². The SMILES string of the molecule is O=C=CCOCCCN1CCN(C(=O)NC2(c3ccccc3)CCNCC2)CC1. The molecule has 7 nitrogen and oxygen atoms in total. The zero-order chi connectivity index (χ0) is 20.4.